The monoisotopic (exact) mass is 290 g/mol. The summed E-state index contributed by atoms with van der Waals surface area (Å²) in [4.78, 5) is 8.84. The summed E-state index contributed by atoms with van der Waals surface area (Å²) in [6.45, 7) is 3.09. The molecule has 0 amide bonds. The zero-order valence-corrected chi connectivity index (χ0v) is 12.3. The zero-order valence-electron chi connectivity index (χ0n) is 11.5. The third kappa shape index (κ3) is 3.02. The van der Waals surface area contributed by atoms with Gasteiger partial charge in [-0.1, -0.05) is 18.1 Å². The van der Waals surface area contributed by atoms with Gasteiger partial charge >= 0.3 is 0 Å². The van der Waals surface area contributed by atoms with Gasteiger partial charge in [0.15, 0.2) is 5.82 Å². The minimum absolute atomic E-state index is 0.324. The lowest BCUT2D eigenvalue weighted by atomic mass is 10.0. The van der Waals surface area contributed by atoms with Crippen LogP contribution in [0, 0.1) is 0 Å². The lowest BCUT2D eigenvalue weighted by Gasteiger charge is -2.15. The van der Waals surface area contributed by atoms with E-state index in [1.165, 1.54) is 0 Å². The van der Waals surface area contributed by atoms with Crippen LogP contribution in [0.2, 0.25) is 0 Å². The van der Waals surface area contributed by atoms with E-state index >= 15 is 0 Å². The van der Waals surface area contributed by atoms with E-state index in [0.29, 0.717) is 24.2 Å². The molecule has 0 spiro atoms. The van der Waals surface area contributed by atoms with Gasteiger partial charge in [0.25, 0.3) is 0 Å². The molecule has 2 atom stereocenters. The maximum absolute atomic E-state index is 5.46. The number of hydrogen-bond acceptors (Lipinski definition) is 6. The Morgan fingerprint density at radius 3 is 3.15 bits per heavy atom. The molecule has 2 aromatic heterocycles. The molecule has 3 rings (SSSR count). The third-order valence-electron chi connectivity index (χ3n) is 3.41. The molecule has 1 saturated heterocycles. The highest BCUT2D eigenvalue weighted by Crippen LogP contribution is 2.32. The molecule has 1 fully saturated rings. The van der Waals surface area contributed by atoms with Crippen LogP contribution >= 0.6 is 11.8 Å². The maximum Gasteiger partial charge on any atom is 0.232 e. The van der Waals surface area contributed by atoms with Crippen molar-refractivity contribution in [1.29, 1.82) is 0 Å². The van der Waals surface area contributed by atoms with Crippen LogP contribution in [0.4, 0.5) is 0 Å². The van der Waals surface area contributed by atoms with Crippen LogP contribution in [0.1, 0.15) is 30.3 Å². The number of hydrogen-bond donors (Lipinski definition) is 1. The lowest BCUT2D eigenvalue weighted by Crippen LogP contribution is -2.34. The fourth-order valence-electron chi connectivity index (χ4n) is 2.42. The van der Waals surface area contributed by atoms with Gasteiger partial charge in [0.2, 0.25) is 5.89 Å². The number of pyridine rings is 1. The predicted molar refractivity (Wildman–Crippen MR) is 78.9 cm³/mol. The second-order valence-electron chi connectivity index (χ2n) is 4.85. The Morgan fingerprint density at radius 1 is 1.40 bits per heavy atom. The smallest absolute Gasteiger partial charge is 0.232 e. The van der Waals surface area contributed by atoms with Gasteiger partial charge in [0, 0.05) is 29.4 Å². The number of aromatic nitrogens is 3. The summed E-state index contributed by atoms with van der Waals surface area (Å²) in [7, 11) is 0. The van der Waals surface area contributed by atoms with Crippen molar-refractivity contribution < 1.29 is 4.52 Å². The highest BCUT2D eigenvalue weighted by Gasteiger charge is 2.32. The van der Waals surface area contributed by atoms with Gasteiger partial charge in [-0.2, -0.15) is 16.7 Å². The maximum atomic E-state index is 5.46. The van der Waals surface area contributed by atoms with Gasteiger partial charge in [-0.25, -0.2) is 0 Å². The van der Waals surface area contributed by atoms with Gasteiger partial charge in [0.1, 0.15) is 0 Å². The average Bonchev–Trinajstić information content (AvgIpc) is 3.09. The number of nitrogens with zero attached hydrogens (tertiary/aromatic N) is 3. The Hall–Kier alpha value is -1.40. The van der Waals surface area contributed by atoms with E-state index in [9.17, 15) is 0 Å². The van der Waals surface area contributed by atoms with Crippen molar-refractivity contribution in [2.45, 2.75) is 25.3 Å². The van der Waals surface area contributed by atoms with Gasteiger partial charge in [-0.3, -0.25) is 4.98 Å². The summed E-state index contributed by atoms with van der Waals surface area (Å²) in [5, 5.41) is 7.58. The molecule has 0 aliphatic carbocycles. The second-order valence-corrected chi connectivity index (χ2v) is 5.93. The fraction of sp³-hybridized carbons (Fsp3) is 0.500. The number of rotatable bonds is 5. The van der Waals surface area contributed by atoms with Crippen LogP contribution in [0.25, 0.3) is 0 Å². The molecule has 0 aromatic carbocycles. The average molecular weight is 290 g/mol. The minimum Gasteiger partial charge on any atom is -0.339 e. The number of thioether (sulfide) groups is 1. The highest BCUT2D eigenvalue weighted by atomic mass is 32.2. The SMILES string of the molecule is CCNC1CSCC1c1nc(Cc2ccccn2)no1. The van der Waals surface area contributed by atoms with Crippen molar-refractivity contribution in [3.05, 3.63) is 41.8 Å². The van der Waals surface area contributed by atoms with Gasteiger partial charge in [-0.05, 0) is 18.7 Å². The van der Waals surface area contributed by atoms with Crippen molar-refractivity contribution in [3.8, 4) is 0 Å². The molecule has 20 heavy (non-hydrogen) atoms. The Bertz CT molecular complexity index is 545. The molecular formula is C14H18N4OS. The van der Waals surface area contributed by atoms with Gasteiger partial charge in [0.05, 0.1) is 12.3 Å². The fourth-order valence-corrected chi connectivity index (χ4v) is 3.78. The Labute approximate surface area is 122 Å². The molecule has 2 aromatic rings. The lowest BCUT2D eigenvalue weighted by molar-refractivity contribution is 0.337. The van der Waals surface area contributed by atoms with Crippen molar-refractivity contribution in [1.82, 2.24) is 20.4 Å². The Kier molecular flexibility index (Phi) is 4.32. The van der Waals surface area contributed by atoms with E-state index in [1.807, 2.05) is 30.0 Å². The molecular weight excluding hydrogens is 272 g/mol. The van der Waals surface area contributed by atoms with Gasteiger partial charge < -0.3 is 9.84 Å². The number of likely N-dealkylation sites (N-methyl/N-ethyl adjacent to an activating group) is 1. The van der Waals surface area contributed by atoms with Crippen molar-refractivity contribution in [2.24, 2.45) is 0 Å². The van der Waals surface area contributed by atoms with Crippen molar-refractivity contribution in [3.63, 3.8) is 0 Å². The molecule has 0 bridgehead atoms. The van der Waals surface area contributed by atoms with Crippen molar-refractivity contribution in [2.75, 3.05) is 18.1 Å². The van der Waals surface area contributed by atoms with Crippen LogP contribution < -0.4 is 5.32 Å². The standard InChI is InChI=1S/C14H18N4OS/c1-2-15-12-9-20-8-11(12)14-17-13(18-19-14)7-10-5-3-4-6-16-10/h3-6,11-12,15H,2,7-9H2,1H3. The topological polar surface area (TPSA) is 63.8 Å². The van der Waals surface area contributed by atoms with Gasteiger partial charge in [-0.15, -0.1) is 0 Å². The summed E-state index contributed by atoms with van der Waals surface area (Å²) in [5.41, 5.74) is 0.962. The van der Waals surface area contributed by atoms with Crippen LogP contribution in [0.15, 0.2) is 28.9 Å². The first kappa shape index (κ1) is 13.6. The molecule has 0 saturated carbocycles. The quantitative estimate of drug-likeness (QED) is 0.907. The van der Waals surface area contributed by atoms with E-state index in [4.69, 9.17) is 4.52 Å². The molecule has 6 heteroatoms. The van der Waals surface area contributed by atoms with E-state index in [-0.39, 0.29) is 0 Å². The Morgan fingerprint density at radius 2 is 2.35 bits per heavy atom. The van der Waals surface area contributed by atoms with Crippen LogP contribution in [-0.2, 0) is 6.42 Å². The molecule has 1 aliphatic rings. The third-order valence-corrected chi connectivity index (χ3v) is 4.60. The van der Waals surface area contributed by atoms with Crippen LogP contribution in [-0.4, -0.2) is 39.2 Å². The Balaban J connectivity index is 1.70. The van der Waals surface area contributed by atoms with Crippen LogP contribution in [0.5, 0.6) is 0 Å². The molecule has 0 radical (unpaired) electrons. The molecule has 3 heterocycles. The van der Waals surface area contributed by atoms with E-state index in [1.54, 1.807) is 6.20 Å². The summed E-state index contributed by atoms with van der Waals surface area (Å²) in [5.74, 6) is 3.95. The molecule has 106 valence electrons. The minimum atomic E-state index is 0.324. The molecule has 5 nitrogen and oxygen atoms in total. The second kappa shape index (κ2) is 6.37. The molecule has 2 unspecified atom stereocenters. The summed E-state index contributed by atoms with van der Waals surface area (Å²) in [6, 6.07) is 6.29. The van der Waals surface area contributed by atoms with E-state index in [0.717, 1.165) is 29.6 Å². The highest BCUT2D eigenvalue weighted by molar-refractivity contribution is 7.99. The molecule has 1 N–H and O–H groups in total. The first-order chi connectivity index (χ1) is 9.86. The summed E-state index contributed by atoms with van der Waals surface area (Å²) < 4.78 is 5.46. The van der Waals surface area contributed by atoms with Crippen molar-refractivity contribution >= 4 is 11.8 Å². The zero-order chi connectivity index (χ0) is 13.8. The van der Waals surface area contributed by atoms with E-state index in [2.05, 4.69) is 27.4 Å². The summed E-state index contributed by atoms with van der Waals surface area (Å²) >= 11 is 1.94. The first-order valence-electron chi connectivity index (χ1n) is 6.90. The normalized spacial score (nSPS) is 22.2. The van der Waals surface area contributed by atoms with Crippen LogP contribution in [0.3, 0.4) is 0 Å². The largest absolute Gasteiger partial charge is 0.339 e. The first-order valence-corrected chi connectivity index (χ1v) is 8.05. The molecule has 1 aliphatic heterocycles. The summed E-state index contributed by atoms with van der Waals surface area (Å²) in [6.07, 6.45) is 2.40. The van der Waals surface area contributed by atoms with E-state index < -0.39 is 0 Å². The number of nitrogens with one attached hydrogen (secondary N) is 1. The predicted octanol–water partition coefficient (Wildman–Crippen LogP) is 1.86.